The molecule has 0 bridgehead atoms. The largest absolute Gasteiger partial charge is 0.471 e. The molecule has 0 atom stereocenters. The second kappa shape index (κ2) is 5.58. The summed E-state index contributed by atoms with van der Waals surface area (Å²) in [5.74, 6) is -2.54. The van der Waals surface area contributed by atoms with Crippen molar-refractivity contribution in [2.45, 2.75) is 38.8 Å². The molecule has 0 saturated heterocycles. The first-order valence-electron chi connectivity index (χ1n) is 5.84. The molecule has 0 unspecified atom stereocenters. The summed E-state index contributed by atoms with van der Waals surface area (Å²) >= 11 is 0. The average molecular weight is 267 g/mol. The number of hydrogen-bond acceptors (Lipinski definition) is 3. The third-order valence-electron chi connectivity index (χ3n) is 3.11. The number of nitrogens with one attached hydrogen (secondary N) is 1. The summed E-state index contributed by atoms with van der Waals surface area (Å²) in [7, 11) is 0. The fourth-order valence-corrected chi connectivity index (χ4v) is 2.14. The lowest BCUT2D eigenvalue weighted by Crippen LogP contribution is -2.46. The summed E-state index contributed by atoms with van der Waals surface area (Å²) in [5.41, 5.74) is -0.989. The number of esters is 1. The van der Waals surface area contributed by atoms with Gasteiger partial charge in [0.1, 0.15) is 0 Å². The highest BCUT2D eigenvalue weighted by Crippen LogP contribution is 2.38. The quantitative estimate of drug-likeness (QED) is 0.790. The van der Waals surface area contributed by atoms with E-state index in [-0.39, 0.29) is 13.2 Å². The van der Waals surface area contributed by atoms with Crippen LogP contribution in [0, 0.1) is 5.41 Å². The molecule has 0 aromatic carbocycles. The molecule has 1 amide bonds. The number of rotatable bonds is 4. The highest BCUT2D eigenvalue weighted by Gasteiger charge is 2.45. The molecular formula is C11H16F3NO3. The average Bonchev–Trinajstić information content (AvgIpc) is 2.74. The SMILES string of the molecule is CCOC(=O)C1(CNC(=O)C(F)(F)F)CCCC1. The fourth-order valence-electron chi connectivity index (χ4n) is 2.14. The Morgan fingerprint density at radius 1 is 1.28 bits per heavy atom. The van der Waals surface area contributed by atoms with Gasteiger partial charge in [-0.1, -0.05) is 12.8 Å². The monoisotopic (exact) mass is 267 g/mol. The third kappa shape index (κ3) is 3.36. The molecule has 4 nitrogen and oxygen atoms in total. The molecule has 0 aliphatic heterocycles. The summed E-state index contributed by atoms with van der Waals surface area (Å²) in [5, 5.41) is 1.78. The van der Waals surface area contributed by atoms with Crippen molar-refractivity contribution in [1.29, 1.82) is 0 Å². The Morgan fingerprint density at radius 2 is 1.83 bits per heavy atom. The minimum absolute atomic E-state index is 0.174. The van der Waals surface area contributed by atoms with Crippen molar-refractivity contribution >= 4 is 11.9 Å². The van der Waals surface area contributed by atoms with Crippen LogP contribution in [0.5, 0.6) is 0 Å². The molecule has 1 aliphatic carbocycles. The van der Waals surface area contributed by atoms with E-state index >= 15 is 0 Å². The van der Waals surface area contributed by atoms with Crippen molar-refractivity contribution in [2.75, 3.05) is 13.2 Å². The van der Waals surface area contributed by atoms with Gasteiger partial charge in [0.2, 0.25) is 0 Å². The van der Waals surface area contributed by atoms with Gasteiger partial charge in [-0.05, 0) is 19.8 Å². The zero-order chi connectivity index (χ0) is 13.8. The van der Waals surface area contributed by atoms with Crippen LogP contribution in [0.2, 0.25) is 0 Å². The second-order valence-electron chi connectivity index (χ2n) is 4.39. The van der Waals surface area contributed by atoms with Gasteiger partial charge in [0.05, 0.1) is 12.0 Å². The van der Waals surface area contributed by atoms with Crippen molar-refractivity contribution in [3.8, 4) is 0 Å². The predicted molar refractivity (Wildman–Crippen MR) is 56.6 cm³/mol. The van der Waals surface area contributed by atoms with Gasteiger partial charge < -0.3 is 10.1 Å². The van der Waals surface area contributed by atoms with Crippen LogP contribution in [0.1, 0.15) is 32.6 Å². The molecule has 0 spiro atoms. The van der Waals surface area contributed by atoms with Crippen LogP contribution in [-0.4, -0.2) is 31.2 Å². The molecule has 1 aliphatic rings. The highest BCUT2D eigenvalue weighted by molar-refractivity contribution is 5.83. The van der Waals surface area contributed by atoms with Crippen molar-refractivity contribution in [3.05, 3.63) is 0 Å². The van der Waals surface area contributed by atoms with E-state index in [2.05, 4.69) is 0 Å². The Labute approximate surface area is 103 Å². The topological polar surface area (TPSA) is 55.4 Å². The molecule has 0 heterocycles. The van der Waals surface area contributed by atoms with Gasteiger partial charge in [-0.15, -0.1) is 0 Å². The standard InChI is InChI=1S/C11H16F3NO3/c1-2-18-9(17)10(5-3-4-6-10)7-15-8(16)11(12,13)14/h2-7H2,1H3,(H,15,16). The summed E-state index contributed by atoms with van der Waals surface area (Å²) in [6, 6.07) is 0. The van der Waals surface area contributed by atoms with Gasteiger partial charge in [0, 0.05) is 6.54 Å². The summed E-state index contributed by atoms with van der Waals surface area (Å²) in [6.45, 7) is 1.49. The Kier molecular flexibility index (Phi) is 4.59. The number of carbonyl (C=O) groups excluding carboxylic acids is 2. The molecule has 104 valence electrons. The first kappa shape index (κ1) is 14.8. The molecule has 1 saturated carbocycles. The smallest absolute Gasteiger partial charge is 0.466 e. The van der Waals surface area contributed by atoms with E-state index in [0.717, 1.165) is 12.8 Å². The molecule has 1 N–H and O–H groups in total. The van der Waals surface area contributed by atoms with Crippen LogP contribution < -0.4 is 5.32 Å². The van der Waals surface area contributed by atoms with Gasteiger partial charge >= 0.3 is 18.1 Å². The van der Waals surface area contributed by atoms with Crippen molar-refractivity contribution < 1.29 is 27.5 Å². The van der Waals surface area contributed by atoms with E-state index in [1.165, 1.54) is 0 Å². The maximum absolute atomic E-state index is 12.1. The summed E-state index contributed by atoms with van der Waals surface area (Å²) < 4.78 is 41.1. The van der Waals surface area contributed by atoms with Gasteiger partial charge in [-0.25, -0.2) is 0 Å². The number of alkyl halides is 3. The molecular weight excluding hydrogens is 251 g/mol. The Balaban J connectivity index is 2.64. The van der Waals surface area contributed by atoms with Gasteiger partial charge in [-0.3, -0.25) is 9.59 Å². The summed E-state index contributed by atoms with van der Waals surface area (Å²) in [4.78, 5) is 22.5. The lowest BCUT2D eigenvalue weighted by Gasteiger charge is -2.26. The van der Waals surface area contributed by atoms with Crippen LogP contribution in [0.15, 0.2) is 0 Å². The van der Waals surface area contributed by atoms with Gasteiger partial charge in [-0.2, -0.15) is 13.2 Å². The normalized spacial score (nSPS) is 18.4. The Hall–Kier alpha value is -1.27. The lowest BCUT2D eigenvalue weighted by molar-refractivity contribution is -0.174. The first-order chi connectivity index (χ1) is 8.32. The minimum atomic E-state index is -4.92. The summed E-state index contributed by atoms with van der Waals surface area (Å²) in [6.07, 6.45) is -2.52. The maximum atomic E-state index is 12.1. The van der Waals surface area contributed by atoms with E-state index in [9.17, 15) is 22.8 Å². The second-order valence-corrected chi connectivity index (χ2v) is 4.39. The fraction of sp³-hybridized carbons (Fsp3) is 0.818. The van der Waals surface area contributed by atoms with E-state index in [0.29, 0.717) is 12.8 Å². The van der Waals surface area contributed by atoms with Crippen LogP contribution in [0.3, 0.4) is 0 Å². The molecule has 18 heavy (non-hydrogen) atoms. The maximum Gasteiger partial charge on any atom is 0.471 e. The molecule has 1 rings (SSSR count). The Bertz CT molecular complexity index is 322. The first-order valence-corrected chi connectivity index (χ1v) is 5.84. The van der Waals surface area contributed by atoms with Crippen LogP contribution in [0.25, 0.3) is 0 Å². The number of hydrogen-bond donors (Lipinski definition) is 1. The molecule has 0 radical (unpaired) electrons. The third-order valence-corrected chi connectivity index (χ3v) is 3.11. The van der Waals surface area contributed by atoms with Crippen LogP contribution >= 0.6 is 0 Å². The number of carbonyl (C=O) groups is 2. The van der Waals surface area contributed by atoms with E-state index < -0.39 is 23.5 Å². The van der Waals surface area contributed by atoms with Crippen molar-refractivity contribution in [1.82, 2.24) is 5.32 Å². The van der Waals surface area contributed by atoms with Crippen LogP contribution in [-0.2, 0) is 14.3 Å². The molecule has 0 aromatic heterocycles. The number of amides is 1. The van der Waals surface area contributed by atoms with Crippen LogP contribution in [0.4, 0.5) is 13.2 Å². The van der Waals surface area contributed by atoms with E-state index in [1.54, 1.807) is 12.2 Å². The number of ether oxygens (including phenoxy) is 1. The van der Waals surface area contributed by atoms with E-state index in [4.69, 9.17) is 4.74 Å². The minimum Gasteiger partial charge on any atom is -0.466 e. The number of halogens is 3. The van der Waals surface area contributed by atoms with Crippen molar-refractivity contribution in [3.63, 3.8) is 0 Å². The highest BCUT2D eigenvalue weighted by atomic mass is 19.4. The zero-order valence-electron chi connectivity index (χ0n) is 10.1. The van der Waals surface area contributed by atoms with Gasteiger partial charge in [0.25, 0.3) is 0 Å². The zero-order valence-corrected chi connectivity index (χ0v) is 10.1. The molecule has 1 fully saturated rings. The Morgan fingerprint density at radius 3 is 2.28 bits per heavy atom. The molecule has 0 aromatic rings. The predicted octanol–water partition coefficient (Wildman–Crippen LogP) is 1.79. The molecule has 7 heteroatoms. The van der Waals surface area contributed by atoms with Gasteiger partial charge in [0.15, 0.2) is 0 Å². The van der Waals surface area contributed by atoms with Crippen molar-refractivity contribution in [2.24, 2.45) is 5.41 Å². The van der Waals surface area contributed by atoms with E-state index in [1.807, 2.05) is 0 Å². The lowest BCUT2D eigenvalue weighted by atomic mass is 9.86.